The van der Waals surface area contributed by atoms with E-state index in [0.717, 1.165) is 5.69 Å². The molecule has 0 spiro atoms. The standard InChI is InChI=1S/C21H16ClN3O2/c22-14-9-11-16(12-10-14)25-19-18(17-8-4-5-13-23(17)25)20(26)24(21(19)27)15-6-2-1-3-7-15/h1-13,17-19H/t17-,18+,19-/m0/s1. The third kappa shape index (κ3) is 2.32. The number of hydrogen-bond donors (Lipinski definition) is 0. The van der Waals surface area contributed by atoms with E-state index in [2.05, 4.69) is 0 Å². The Morgan fingerprint density at radius 1 is 0.815 bits per heavy atom. The van der Waals surface area contributed by atoms with Crippen molar-refractivity contribution in [3.8, 4) is 0 Å². The van der Waals surface area contributed by atoms with E-state index < -0.39 is 12.0 Å². The number of para-hydroxylation sites is 1. The van der Waals surface area contributed by atoms with Crippen molar-refractivity contribution in [1.82, 2.24) is 5.01 Å². The summed E-state index contributed by atoms with van der Waals surface area (Å²) < 4.78 is 0. The number of amides is 2. The van der Waals surface area contributed by atoms with Crippen LogP contribution in [-0.4, -0.2) is 28.9 Å². The van der Waals surface area contributed by atoms with Gasteiger partial charge in [-0.3, -0.25) is 19.6 Å². The highest BCUT2D eigenvalue weighted by Gasteiger charge is 2.61. The summed E-state index contributed by atoms with van der Waals surface area (Å²) in [5.41, 5.74) is 1.44. The lowest BCUT2D eigenvalue weighted by atomic mass is 9.94. The molecule has 2 amide bonds. The number of hydrazine groups is 1. The summed E-state index contributed by atoms with van der Waals surface area (Å²) >= 11 is 6.04. The largest absolute Gasteiger partial charge is 0.284 e. The van der Waals surface area contributed by atoms with Gasteiger partial charge in [-0.15, -0.1) is 0 Å². The lowest BCUT2D eigenvalue weighted by molar-refractivity contribution is -0.123. The van der Waals surface area contributed by atoms with Gasteiger partial charge in [0.25, 0.3) is 5.91 Å². The molecule has 134 valence electrons. The topological polar surface area (TPSA) is 43.9 Å². The van der Waals surface area contributed by atoms with Crippen LogP contribution in [0.2, 0.25) is 5.02 Å². The number of carbonyl (C=O) groups excluding carboxylic acids is 2. The number of benzene rings is 2. The van der Waals surface area contributed by atoms with E-state index in [9.17, 15) is 9.59 Å². The van der Waals surface area contributed by atoms with Crippen LogP contribution in [0.5, 0.6) is 0 Å². The predicted octanol–water partition coefficient (Wildman–Crippen LogP) is 3.39. The molecular formula is C21H16ClN3O2. The van der Waals surface area contributed by atoms with Crippen molar-refractivity contribution in [3.63, 3.8) is 0 Å². The molecule has 0 radical (unpaired) electrons. The van der Waals surface area contributed by atoms with Gasteiger partial charge in [0, 0.05) is 11.2 Å². The molecule has 2 aromatic rings. The number of fused-ring (bicyclic) bond motifs is 3. The Morgan fingerprint density at radius 2 is 1.56 bits per heavy atom. The molecule has 0 unspecified atom stereocenters. The zero-order chi connectivity index (χ0) is 18.5. The number of rotatable bonds is 2. The van der Waals surface area contributed by atoms with Crippen molar-refractivity contribution in [2.75, 3.05) is 9.91 Å². The number of carbonyl (C=O) groups is 2. The molecule has 27 heavy (non-hydrogen) atoms. The van der Waals surface area contributed by atoms with E-state index >= 15 is 0 Å². The van der Waals surface area contributed by atoms with Gasteiger partial charge >= 0.3 is 0 Å². The number of imide groups is 1. The van der Waals surface area contributed by atoms with Gasteiger partial charge < -0.3 is 0 Å². The minimum atomic E-state index is -0.587. The van der Waals surface area contributed by atoms with Gasteiger partial charge in [-0.1, -0.05) is 42.0 Å². The molecule has 0 aromatic heterocycles. The summed E-state index contributed by atoms with van der Waals surface area (Å²) in [7, 11) is 0. The van der Waals surface area contributed by atoms with Gasteiger partial charge in [0.05, 0.1) is 23.3 Å². The summed E-state index contributed by atoms with van der Waals surface area (Å²) in [6.45, 7) is 0. The monoisotopic (exact) mass is 377 g/mol. The molecule has 0 aliphatic carbocycles. The summed E-state index contributed by atoms with van der Waals surface area (Å²) in [5.74, 6) is -0.834. The summed E-state index contributed by atoms with van der Waals surface area (Å²) in [6.07, 6.45) is 7.72. The predicted molar refractivity (Wildman–Crippen MR) is 104 cm³/mol. The van der Waals surface area contributed by atoms with Crippen LogP contribution in [-0.2, 0) is 9.59 Å². The van der Waals surface area contributed by atoms with E-state index in [-0.39, 0.29) is 17.9 Å². The highest BCUT2D eigenvalue weighted by atomic mass is 35.5. The van der Waals surface area contributed by atoms with Crippen LogP contribution in [0.25, 0.3) is 0 Å². The number of allylic oxidation sites excluding steroid dienone is 2. The van der Waals surface area contributed by atoms with E-state index in [1.54, 1.807) is 24.3 Å². The van der Waals surface area contributed by atoms with Gasteiger partial charge in [0.1, 0.15) is 6.04 Å². The summed E-state index contributed by atoms with van der Waals surface area (Å²) in [4.78, 5) is 27.9. The fourth-order valence-electron chi connectivity index (χ4n) is 4.13. The van der Waals surface area contributed by atoms with Gasteiger partial charge in [-0.2, -0.15) is 0 Å². The molecule has 5 rings (SSSR count). The Hall–Kier alpha value is -3.05. The zero-order valence-corrected chi connectivity index (χ0v) is 15.0. The fourth-order valence-corrected chi connectivity index (χ4v) is 4.26. The summed E-state index contributed by atoms with van der Waals surface area (Å²) in [5, 5.41) is 4.51. The van der Waals surface area contributed by atoms with Crippen molar-refractivity contribution in [1.29, 1.82) is 0 Å². The maximum absolute atomic E-state index is 13.4. The van der Waals surface area contributed by atoms with Gasteiger partial charge in [-0.25, -0.2) is 4.90 Å². The first-order chi connectivity index (χ1) is 13.2. The lowest BCUT2D eigenvalue weighted by Crippen LogP contribution is -2.47. The first kappa shape index (κ1) is 16.1. The number of nitrogens with zero attached hydrogens (tertiary/aromatic N) is 3. The zero-order valence-electron chi connectivity index (χ0n) is 14.3. The number of hydrogen-bond acceptors (Lipinski definition) is 4. The summed E-state index contributed by atoms with van der Waals surface area (Å²) in [6, 6.07) is 15.7. The Balaban J connectivity index is 1.62. The Morgan fingerprint density at radius 3 is 2.30 bits per heavy atom. The molecule has 3 heterocycles. The van der Waals surface area contributed by atoms with Crippen LogP contribution in [0.15, 0.2) is 79.0 Å². The van der Waals surface area contributed by atoms with Crippen molar-refractivity contribution in [3.05, 3.63) is 84.0 Å². The Kier molecular flexibility index (Phi) is 3.58. The van der Waals surface area contributed by atoms with Crippen LogP contribution in [0, 0.1) is 5.92 Å². The van der Waals surface area contributed by atoms with Crippen LogP contribution in [0.3, 0.4) is 0 Å². The Labute approximate surface area is 161 Å². The van der Waals surface area contributed by atoms with Crippen molar-refractivity contribution in [2.45, 2.75) is 12.1 Å². The van der Waals surface area contributed by atoms with Crippen LogP contribution in [0.1, 0.15) is 0 Å². The second-order valence-corrected chi connectivity index (χ2v) is 7.17. The van der Waals surface area contributed by atoms with Crippen LogP contribution >= 0.6 is 11.6 Å². The molecule has 3 aliphatic heterocycles. The van der Waals surface area contributed by atoms with Crippen molar-refractivity contribution < 1.29 is 9.59 Å². The molecule has 2 saturated heterocycles. The fraction of sp³-hybridized carbons (Fsp3) is 0.143. The van der Waals surface area contributed by atoms with E-state index in [4.69, 9.17) is 11.6 Å². The quantitative estimate of drug-likeness (QED) is 0.752. The molecule has 6 heteroatoms. The normalized spacial score (nSPS) is 26.0. The van der Waals surface area contributed by atoms with Crippen molar-refractivity contribution in [2.24, 2.45) is 5.92 Å². The third-order valence-electron chi connectivity index (χ3n) is 5.27. The second-order valence-electron chi connectivity index (χ2n) is 6.74. The molecule has 2 aromatic carbocycles. The molecule has 3 aliphatic rings. The first-order valence-electron chi connectivity index (χ1n) is 8.78. The molecule has 0 bridgehead atoms. The van der Waals surface area contributed by atoms with Gasteiger partial charge in [-0.05, 0) is 42.5 Å². The van der Waals surface area contributed by atoms with Crippen LogP contribution < -0.4 is 9.91 Å². The van der Waals surface area contributed by atoms with E-state index in [1.807, 2.05) is 64.8 Å². The average Bonchev–Trinajstić information content (AvgIpc) is 3.17. The SMILES string of the molecule is O=C1[C@H]2[C@@H](C(=O)N1c1ccccc1)N(c1ccc(Cl)cc1)N1C=CC=C[C@@H]21. The van der Waals surface area contributed by atoms with Gasteiger partial charge in [0.2, 0.25) is 5.91 Å². The molecule has 3 atom stereocenters. The molecule has 2 fully saturated rings. The second kappa shape index (κ2) is 5.99. The number of halogens is 1. The average molecular weight is 378 g/mol. The molecular weight excluding hydrogens is 362 g/mol. The third-order valence-corrected chi connectivity index (χ3v) is 5.52. The Bertz CT molecular complexity index is 971. The minimum Gasteiger partial charge on any atom is -0.284 e. The smallest absolute Gasteiger partial charge is 0.259 e. The maximum atomic E-state index is 13.4. The highest BCUT2D eigenvalue weighted by molar-refractivity contribution is 6.30. The molecule has 0 N–H and O–H groups in total. The maximum Gasteiger partial charge on any atom is 0.259 e. The van der Waals surface area contributed by atoms with E-state index in [1.165, 1.54) is 4.90 Å². The minimum absolute atomic E-state index is 0.164. The molecule has 0 saturated carbocycles. The first-order valence-corrected chi connectivity index (χ1v) is 9.15. The van der Waals surface area contributed by atoms with Gasteiger partial charge in [0.15, 0.2) is 0 Å². The van der Waals surface area contributed by atoms with Crippen molar-refractivity contribution >= 4 is 34.8 Å². The molecule has 5 nitrogen and oxygen atoms in total. The van der Waals surface area contributed by atoms with E-state index in [0.29, 0.717) is 10.7 Å². The van der Waals surface area contributed by atoms with Crippen LogP contribution in [0.4, 0.5) is 11.4 Å². The lowest BCUT2D eigenvalue weighted by Gasteiger charge is -2.36. The highest BCUT2D eigenvalue weighted by Crippen LogP contribution is 2.43. The number of anilines is 2.